The molecule has 1 aliphatic heterocycles. The van der Waals surface area contributed by atoms with Crippen LogP contribution in [0.4, 0.5) is 11.4 Å². The molecule has 1 amide bonds. The van der Waals surface area contributed by atoms with Gasteiger partial charge in [0.2, 0.25) is 5.91 Å². The van der Waals surface area contributed by atoms with Crippen molar-refractivity contribution in [2.45, 2.75) is 26.2 Å². The summed E-state index contributed by atoms with van der Waals surface area (Å²) in [4.78, 5) is 14.0. The lowest BCUT2D eigenvalue weighted by Gasteiger charge is -2.18. The summed E-state index contributed by atoms with van der Waals surface area (Å²) in [6, 6.07) is 3.83. The number of carbonyl (C=O) groups excluding carboxylic acids is 1. The Labute approximate surface area is 104 Å². The van der Waals surface area contributed by atoms with Gasteiger partial charge in [0, 0.05) is 16.7 Å². The van der Waals surface area contributed by atoms with E-state index in [1.165, 1.54) is 0 Å². The fraction of sp³-hybridized carbons (Fsp3) is 0.417. The Hall–Kier alpha value is -1.03. The molecule has 0 fully saturated rings. The van der Waals surface area contributed by atoms with Crippen molar-refractivity contribution >= 4 is 33.2 Å². The Morgan fingerprint density at radius 2 is 2.06 bits per heavy atom. The predicted molar refractivity (Wildman–Crippen MR) is 69.6 cm³/mol. The molecule has 0 radical (unpaired) electrons. The van der Waals surface area contributed by atoms with E-state index < -0.39 is 5.41 Å². The number of rotatable bonds is 1. The van der Waals surface area contributed by atoms with Crippen LogP contribution in [0.2, 0.25) is 0 Å². The van der Waals surface area contributed by atoms with Gasteiger partial charge in [0.05, 0.1) is 11.1 Å². The molecule has 1 aromatic rings. The van der Waals surface area contributed by atoms with Crippen LogP contribution in [0.5, 0.6) is 0 Å². The van der Waals surface area contributed by atoms with Crippen molar-refractivity contribution in [2.24, 2.45) is 0 Å². The highest BCUT2D eigenvalue weighted by molar-refractivity contribution is 9.10. The molecule has 0 saturated heterocycles. The first-order valence-electron chi connectivity index (χ1n) is 5.31. The molecule has 2 N–H and O–H groups in total. The van der Waals surface area contributed by atoms with Gasteiger partial charge in [-0.15, -0.1) is 0 Å². The second-order valence-corrected chi connectivity index (χ2v) is 5.42. The third-order valence-corrected chi connectivity index (χ3v) is 3.86. The van der Waals surface area contributed by atoms with Crippen LogP contribution in [-0.2, 0) is 10.2 Å². The lowest BCUT2D eigenvalue weighted by Crippen LogP contribution is -2.35. The SMILES string of the molecule is CCN1C(=O)C(C)(C)c2cc(Br)c(N)cc21. The molecule has 1 heterocycles. The van der Waals surface area contributed by atoms with Crippen molar-refractivity contribution in [1.82, 2.24) is 0 Å². The smallest absolute Gasteiger partial charge is 0.237 e. The van der Waals surface area contributed by atoms with Crippen LogP contribution in [0.1, 0.15) is 26.3 Å². The molecule has 1 aliphatic rings. The highest BCUT2D eigenvalue weighted by atomic mass is 79.9. The zero-order valence-electron chi connectivity index (χ0n) is 9.67. The Balaban J connectivity index is 2.69. The molecule has 0 unspecified atom stereocenters. The van der Waals surface area contributed by atoms with Crippen molar-refractivity contribution in [1.29, 1.82) is 0 Å². The number of nitrogens with two attached hydrogens (primary N) is 1. The van der Waals surface area contributed by atoms with Gasteiger partial charge in [-0.2, -0.15) is 0 Å². The first-order chi connectivity index (χ1) is 7.39. The number of amides is 1. The average Bonchev–Trinajstić information content (AvgIpc) is 2.39. The fourth-order valence-corrected chi connectivity index (χ4v) is 2.52. The molecule has 0 aromatic heterocycles. The summed E-state index contributed by atoms with van der Waals surface area (Å²) in [7, 11) is 0. The van der Waals surface area contributed by atoms with Crippen molar-refractivity contribution in [3.8, 4) is 0 Å². The maximum Gasteiger partial charge on any atom is 0.237 e. The van der Waals surface area contributed by atoms with Crippen LogP contribution in [0.15, 0.2) is 16.6 Å². The van der Waals surface area contributed by atoms with E-state index in [4.69, 9.17) is 5.73 Å². The van der Waals surface area contributed by atoms with Gasteiger partial charge in [-0.05, 0) is 54.4 Å². The molecule has 0 aliphatic carbocycles. The number of carbonyl (C=O) groups is 1. The lowest BCUT2D eigenvalue weighted by molar-refractivity contribution is -0.122. The van der Waals surface area contributed by atoms with Crippen molar-refractivity contribution in [2.75, 3.05) is 17.2 Å². The van der Waals surface area contributed by atoms with E-state index in [0.717, 1.165) is 15.7 Å². The first kappa shape index (κ1) is 11.5. The number of nitrogens with zero attached hydrogens (tertiary/aromatic N) is 1. The minimum absolute atomic E-state index is 0.141. The minimum Gasteiger partial charge on any atom is -0.398 e. The molecule has 0 atom stereocenters. The van der Waals surface area contributed by atoms with E-state index in [2.05, 4.69) is 15.9 Å². The Morgan fingerprint density at radius 1 is 1.44 bits per heavy atom. The van der Waals surface area contributed by atoms with E-state index >= 15 is 0 Å². The molecule has 1 aromatic carbocycles. The van der Waals surface area contributed by atoms with Gasteiger partial charge in [0.1, 0.15) is 0 Å². The molecular weight excluding hydrogens is 268 g/mol. The zero-order chi connectivity index (χ0) is 12.1. The summed E-state index contributed by atoms with van der Waals surface area (Å²) in [6.45, 7) is 6.55. The van der Waals surface area contributed by atoms with Crippen molar-refractivity contribution in [3.05, 3.63) is 22.2 Å². The van der Waals surface area contributed by atoms with E-state index in [1.54, 1.807) is 4.90 Å². The largest absolute Gasteiger partial charge is 0.398 e. The standard InChI is InChI=1S/C12H15BrN2O/c1-4-15-10-6-9(14)8(13)5-7(10)12(2,3)11(15)16/h5-6H,4,14H2,1-3H3. The van der Waals surface area contributed by atoms with Crippen LogP contribution in [-0.4, -0.2) is 12.5 Å². The van der Waals surface area contributed by atoms with Gasteiger partial charge in [-0.1, -0.05) is 0 Å². The maximum absolute atomic E-state index is 12.2. The number of halogens is 1. The van der Waals surface area contributed by atoms with Gasteiger partial charge >= 0.3 is 0 Å². The lowest BCUT2D eigenvalue weighted by atomic mass is 9.86. The molecule has 4 heteroatoms. The predicted octanol–water partition coefficient (Wildman–Crippen LogP) is 2.68. The molecular formula is C12H15BrN2O. The first-order valence-corrected chi connectivity index (χ1v) is 6.10. The molecule has 0 bridgehead atoms. The van der Waals surface area contributed by atoms with E-state index in [-0.39, 0.29) is 5.91 Å². The Bertz CT molecular complexity index is 468. The topological polar surface area (TPSA) is 46.3 Å². The Morgan fingerprint density at radius 3 is 2.62 bits per heavy atom. The average molecular weight is 283 g/mol. The van der Waals surface area contributed by atoms with Gasteiger partial charge in [0.25, 0.3) is 0 Å². The summed E-state index contributed by atoms with van der Waals surface area (Å²) in [5.74, 6) is 0.141. The normalized spacial score (nSPS) is 17.8. The molecule has 0 spiro atoms. The number of hydrogen-bond acceptors (Lipinski definition) is 2. The second-order valence-electron chi connectivity index (χ2n) is 4.57. The molecule has 86 valence electrons. The molecule has 0 saturated carbocycles. The monoisotopic (exact) mass is 282 g/mol. The van der Waals surface area contributed by atoms with E-state index in [9.17, 15) is 4.79 Å². The third kappa shape index (κ3) is 1.36. The fourth-order valence-electron chi connectivity index (χ4n) is 2.18. The summed E-state index contributed by atoms with van der Waals surface area (Å²) >= 11 is 3.41. The van der Waals surface area contributed by atoms with Crippen molar-refractivity contribution < 1.29 is 4.79 Å². The summed E-state index contributed by atoms with van der Waals surface area (Å²) in [6.07, 6.45) is 0. The van der Waals surface area contributed by atoms with Gasteiger partial charge in [-0.25, -0.2) is 0 Å². The van der Waals surface area contributed by atoms with Gasteiger partial charge in [0.15, 0.2) is 0 Å². The van der Waals surface area contributed by atoms with Crippen molar-refractivity contribution in [3.63, 3.8) is 0 Å². The highest BCUT2D eigenvalue weighted by Crippen LogP contribution is 2.44. The minimum atomic E-state index is -0.457. The number of likely N-dealkylation sites (N-methyl/N-ethyl adjacent to an activating group) is 1. The van der Waals surface area contributed by atoms with E-state index in [0.29, 0.717) is 12.2 Å². The van der Waals surface area contributed by atoms with Crippen LogP contribution < -0.4 is 10.6 Å². The van der Waals surface area contributed by atoms with Crippen LogP contribution in [0, 0.1) is 0 Å². The summed E-state index contributed by atoms with van der Waals surface area (Å²) < 4.78 is 0.852. The van der Waals surface area contributed by atoms with Crippen LogP contribution in [0.3, 0.4) is 0 Å². The molecule has 16 heavy (non-hydrogen) atoms. The maximum atomic E-state index is 12.2. The summed E-state index contributed by atoms with van der Waals surface area (Å²) in [5, 5.41) is 0. The summed E-state index contributed by atoms with van der Waals surface area (Å²) in [5.41, 5.74) is 8.06. The number of nitrogen functional groups attached to an aromatic ring is 1. The Kier molecular flexibility index (Phi) is 2.49. The van der Waals surface area contributed by atoms with Crippen LogP contribution in [0.25, 0.3) is 0 Å². The van der Waals surface area contributed by atoms with Crippen LogP contribution >= 0.6 is 15.9 Å². The number of anilines is 2. The number of benzene rings is 1. The molecule has 2 rings (SSSR count). The third-order valence-electron chi connectivity index (χ3n) is 3.18. The second kappa shape index (κ2) is 3.48. The van der Waals surface area contributed by atoms with E-state index in [1.807, 2.05) is 32.9 Å². The highest BCUT2D eigenvalue weighted by Gasteiger charge is 2.43. The molecule has 3 nitrogen and oxygen atoms in total. The quantitative estimate of drug-likeness (QED) is 0.805. The number of fused-ring (bicyclic) bond motifs is 1. The van der Waals surface area contributed by atoms with Gasteiger partial charge in [-0.3, -0.25) is 4.79 Å². The van der Waals surface area contributed by atoms with Gasteiger partial charge < -0.3 is 10.6 Å². The number of hydrogen-bond donors (Lipinski definition) is 1. The zero-order valence-corrected chi connectivity index (χ0v) is 11.3.